The number of fused-ring (bicyclic) bond motifs is 2. The summed E-state index contributed by atoms with van der Waals surface area (Å²) in [6.45, 7) is 3.95. The van der Waals surface area contributed by atoms with Crippen molar-refractivity contribution in [2.24, 2.45) is 5.41 Å². The van der Waals surface area contributed by atoms with Crippen LogP contribution in [0.5, 0.6) is 0 Å². The number of nitrogens with zero attached hydrogens (tertiary/aromatic N) is 2. The quantitative estimate of drug-likeness (QED) is 0.811. The van der Waals surface area contributed by atoms with E-state index in [2.05, 4.69) is 0 Å². The van der Waals surface area contributed by atoms with E-state index < -0.39 is 46.1 Å². The van der Waals surface area contributed by atoms with Gasteiger partial charge in [0.1, 0.15) is 23.2 Å². The highest BCUT2D eigenvalue weighted by molar-refractivity contribution is 5.95. The maximum atomic E-state index is 15.5. The van der Waals surface area contributed by atoms with E-state index in [4.69, 9.17) is 0 Å². The molecule has 2 heterocycles. The standard InChI is InChI=1S/C22H23F3N2O3/c1-11-17-12(19(28)13(20(29)30)8-27(17)16-7-14(16)23)6-15(24)18(11)26-9-21(2)4-3-5-22(21,25)10-26/h6,8,14,16H,3-5,7,9-10H2,1-2H3,(H,29,30)/t14-,16+,21-,22-/m0/s1. The molecule has 0 spiro atoms. The number of hydrogen-bond donors (Lipinski definition) is 1. The normalized spacial score (nSPS) is 32.6. The first-order valence-electron chi connectivity index (χ1n) is 10.3. The van der Waals surface area contributed by atoms with E-state index in [9.17, 15) is 19.1 Å². The van der Waals surface area contributed by atoms with E-state index in [-0.39, 0.29) is 24.0 Å². The van der Waals surface area contributed by atoms with Crippen molar-refractivity contribution in [1.82, 2.24) is 4.57 Å². The lowest BCUT2D eigenvalue weighted by atomic mass is 9.81. The molecule has 2 saturated carbocycles. The lowest BCUT2D eigenvalue weighted by molar-refractivity contribution is 0.0694. The molecule has 0 amide bonds. The molecule has 8 heteroatoms. The molecular formula is C22H23F3N2O3. The molecular weight excluding hydrogens is 397 g/mol. The van der Waals surface area contributed by atoms with Crippen molar-refractivity contribution >= 4 is 22.6 Å². The van der Waals surface area contributed by atoms with Crippen LogP contribution in [-0.4, -0.2) is 40.6 Å². The number of aryl methyl sites for hydroxylation is 1. The maximum absolute atomic E-state index is 15.5. The summed E-state index contributed by atoms with van der Waals surface area (Å²) in [6.07, 6.45) is 2.18. The number of halogens is 3. The van der Waals surface area contributed by atoms with E-state index in [0.29, 0.717) is 24.0 Å². The minimum absolute atomic E-state index is 0.0688. The van der Waals surface area contributed by atoms with Gasteiger partial charge in [0, 0.05) is 30.0 Å². The molecule has 1 aliphatic heterocycles. The molecule has 1 aromatic heterocycles. The Morgan fingerprint density at radius 1 is 1.30 bits per heavy atom. The molecule has 2 aliphatic carbocycles. The number of benzene rings is 1. The molecule has 1 saturated heterocycles. The van der Waals surface area contributed by atoms with Crippen LogP contribution in [-0.2, 0) is 0 Å². The van der Waals surface area contributed by atoms with Crippen LogP contribution in [0.3, 0.4) is 0 Å². The smallest absolute Gasteiger partial charge is 0.341 e. The average molecular weight is 420 g/mol. The van der Waals surface area contributed by atoms with Gasteiger partial charge in [0.15, 0.2) is 0 Å². The topological polar surface area (TPSA) is 62.5 Å². The van der Waals surface area contributed by atoms with Crippen LogP contribution in [0.15, 0.2) is 17.1 Å². The summed E-state index contributed by atoms with van der Waals surface area (Å²) in [5.41, 5.74) is -2.33. The number of aromatic nitrogens is 1. The first-order chi connectivity index (χ1) is 14.1. The van der Waals surface area contributed by atoms with Gasteiger partial charge in [-0.25, -0.2) is 18.0 Å². The van der Waals surface area contributed by atoms with E-state index in [1.165, 1.54) is 4.57 Å². The average Bonchev–Trinajstić information content (AvgIpc) is 3.22. The Hall–Kier alpha value is -2.51. The third-order valence-corrected chi connectivity index (χ3v) is 7.43. The zero-order valence-corrected chi connectivity index (χ0v) is 16.8. The van der Waals surface area contributed by atoms with Gasteiger partial charge in [0.25, 0.3) is 0 Å². The Morgan fingerprint density at radius 3 is 2.60 bits per heavy atom. The van der Waals surface area contributed by atoms with Crippen molar-refractivity contribution < 1.29 is 23.1 Å². The van der Waals surface area contributed by atoms with E-state index in [1.54, 1.807) is 11.8 Å². The molecule has 0 radical (unpaired) electrons. The minimum atomic E-state index is -1.44. The molecule has 5 rings (SSSR count). The highest BCUT2D eigenvalue weighted by Gasteiger charge is 2.59. The number of rotatable bonds is 3. The number of carbonyl (C=O) groups is 1. The zero-order chi connectivity index (χ0) is 21.6. The summed E-state index contributed by atoms with van der Waals surface area (Å²) in [5.74, 6) is -2.13. The first kappa shape index (κ1) is 19.5. The van der Waals surface area contributed by atoms with E-state index in [0.717, 1.165) is 25.1 Å². The number of alkyl halides is 2. The van der Waals surface area contributed by atoms with Crippen LogP contribution in [0.1, 0.15) is 54.6 Å². The number of hydrogen-bond acceptors (Lipinski definition) is 3. The maximum Gasteiger partial charge on any atom is 0.341 e. The van der Waals surface area contributed by atoms with Crippen LogP contribution in [0.25, 0.3) is 10.9 Å². The number of carboxylic acid groups (broad SMARTS) is 1. The molecule has 2 aromatic rings. The fourth-order valence-electron chi connectivity index (χ4n) is 5.62. The predicted molar refractivity (Wildman–Crippen MR) is 106 cm³/mol. The molecule has 5 nitrogen and oxygen atoms in total. The summed E-state index contributed by atoms with van der Waals surface area (Å²) in [7, 11) is 0. The largest absolute Gasteiger partial charge is 0.477 e. The van der Waals surface area contributed by atoms with Gasteiger partial charge in [-0.15, -0.1) is 0 Å². The monoisotopic (exact) mass is 420 g/mol. The van der Waals surface area contributed by atoms with Gasteiger partial charge in [0.05, 0.1) is 23.8 Å². The summed E-state index contributed by atoms with van der Waals surface area (Å²) in [6, 6.07) is 0.436. The Balaban J connectivity index is 1.73. The SMILES string of the molecule is Cc1c(N2C[C@]3(C)CCC[C@]3(F)C2)c(F)cc2c(=O)c(C(=O)O)cn([C@@H]3C[C@@H]3F)c12. The van der Waals surface area contributed by atoms with Crippen LogP contribution < -0.4 is 10.3 Å². The van der Waals surface area contributed by atoms with E-state index in [1.807, 2.05) is 6.92 Å². The molecule has 1 N–H and O–H groups in total. The second-order valence-electron chi connectivity index (χ2n) is 9.37. The Morgan fingerprint density at radius 2 is 2.00 bits per heavy atom. The molecule has 1 aromatic carbocycles. The zero-order valence-electron chi connectivity index (χ0n) is 16.8. The lowest BCUT2D eigenvalue weighted by Crippen LogP contribution is -2.35. The summed E-state index contributed by atoms with van der Waals surface area (Å²) >= 11 is 0. The first-order valence-corrected chi connectivity index (χ1v) is 10.3. The number of anilines is 1. The van der Waals surface area contributed by atoms with Crippen LogP contribution in [0.2, 0.25) is 0 Å². The molecule has 30 heavy (non-hydrogen) atoms. The van der Waals surface area contributed by atoms with Crippen LogP contribution in [0.4, 0.5) is 18.9 Å². The summed E-state index contributed by atoms with van der Waals surface area (Å²) in [4.78, 5) is 25.9. The van der Waals surface area contributed by atoms with Crippen molar-refractivity contribution in [3.05, 3.63) is 39.4 Å². The van der Waals surface area contributed by atoms with Gasteiger partial charge in [-0.2, -0.15) is 0 Å². The van der Waals surface area contributed by atoms with Gasteiger partial charge in [0.2, 0.25) is 5.43 Å². The van der Waals surface area contributed by atoms with Gasteiger partial charge in [-0.3, -0.25) is 4.79 Å². The fraction of sp³-hybridized carbons (Fsp3) is 0.545. The Bertz CT molecular complexity index is 1140. The third-order valence-electron chi connectivity index (χ3n) is 7.43. The summed E-state index contributed by atoms with van der Waals surface area (Å²) < 4.78 is 46.2. The third kappa shape index (κ3) is 2.48. The molecule has 3 fully saturated rings. The summed E-state index contributed by atoms with van der Waals surface area (Å²) in [5, 5.41) is 9.29. The predicted octanol–water partition coefficient (Wildman–Crippen LogP) is 4.15. The number of pyridine rings is 1. The fourth-order valence-corrected chi connectivity index (χ4v) is 5.62. The Labute approximate surface area is 171 Å². The Kier molecular flexibility index (Phi) is 3.90. The second kappa shape index (κ2) is 6.02. The molecule has 4 atom stereocenters. The van der Waals surface area contributed by atoms with Gasteiger partial charge in [-0.05, 0) is 37.8 Å². The van der Waals surface area contributed by atoms with Gasteiger partial charge >= 0.3 is 5.97 Å². The van der Waals surface area contributed by atoms with Crippen molar-refractivity contribution in [2.45, 2.75) is 57.4 Å². The molecule has 0 unspecified atom stereocenters. The van der Waals surface area contributed by atoms with Crippen molar-refractivity contribution in [1.29, 1.82) is 0 Å². The van der Waals surface area contributed by atoms with E-state index >= 15 is 8.78 Å². The number of aromatic carboxylic acids is 1. The minimum Gasteiger partial charge on any atom is -0.477 e. The van der Waals surface area contributed by atoms with Crippen molar-refractivity contribution in [3.63, 3.8) is 0 Å². The van der Waals surface area contributed by atoms with Crippen LogP contribution >= 0.6 is 0 Å². The molecule has 0 bridgehead atoms. The lowest BCUT2D eigenvalue weighted by Gasteiger charge is -2.27. The van der Waals surface area contributed by atoms with Crippen molar-refractivity contribution in [2.75, 3.05) is 18.0 Å². The van der Waals surface area contributed by atoms with Gasteiger partial charge in [-0.1, -0.05) is 6.92 Å². The highest BCUT2D eigenvalue weighted by Crippen LogP contribution is 2.55. The highest BCUT2D eigenvalue weighted by atomic mass is 19.1. The molecule has 160 valence electrons. The second-order valence-corrected chi connectivity index (χ2v) is 9.37. The molecule has 3 aliphatic rings. The van der Waals surface area contributed by atoms with Gasteiger partial charge < -0.3 is 14.6 Å². The van der Waals surface area contributed by atoms with Crippen molar-refractivity contribution in [3.8, 4) is 0 Å². The number of carboxylic acids is 1. The van der Waals surface area contributed by atoms with Crippen LogP contribution in [0, 0.1) is 18.2 Å².